The van der Waals surface area contributed by atoms with Crippen molar-refractivity contribution in [2.24, 2.45) is 5.92 Å². The normalized spacial score (nSPS) is 23.4. The summed E-state index contributed by atoms with van der Waals surface area (Å²) >= 11 is 6.50. The van der Waals surface area contributed by atoms with Gasteiger partial charge in [-0.25, -0.2) is 4.68 Å². The van der Waals surface area contributed by atoms with E-state index in [0.717, 1.165) is 11.3 Å². The molecule has 1 aliphatic heterocycles. The largest absolute Gasteiger partial charge is 0.328 e. The second-order valence-corrected chi connectivity index (χ2v) is 7.76. The summed E-state index contributed by atoms with van der Waals surface area (Å²) in [5, 5.41) is 8.34. The molecule has 28 heavy (non-hydrogen) atoms. The first kappa shape index (κ1) is 17.2. The predicted molar refractivity (Wildman–Crippen MR) is 108 cm³/mol. The molecule has 0 spiro atoms. The minimum absolute atomic E-state index is 0.0498. The second-order valence-electron chi connectivity index (χ2n) is 7.35. The number of aromatic nitrogens is 3. The van der Waals surface area contributed by atoms with Gasteiger partial charge in [-0.3, -0.25) is 4.79 Å². The molecule has 0 fully saturated rings. The number of rotatable bonds is 2. The fourth-order valence-electron chi connectivity index (χ4n) is 4.40. The Kier molecular flexibility index (Phi) is 4.05. The third-order valence-electron chi connectivity index (χ3n) is 5.70. The maximum absolute atomic E-state index is 13.4. The quantitative estimate of drug-likeness (QED) is 0.699. The molecule has 0 amide bonds. The molecule has 5 nitrogen and oxygen atoms in total. The number of aryl methyl sites for hydroxylation is 1. The molecule has 1 N–H and O–H groups in total. The molecule has 5 rings (SSSR count). The van der Waals surface area contributed by atoms with Crippen LogP contribution in [-0.2, 0) is 4.79 Å². The van der Waals surface area contributed by atoms with E-state index in [9.17, 15) is 4.79 Å². The summed E-state index contributed by atoms with van der Waals surface area (Å²) in [7, 11) is 0. The first-order chi connectivity index (χ1) is 13.6. The molecule has 3 aromatic rings. The van der Waals surface area contributed by atoms with Crippen molar-refractivity contribution in [1.82, 2.24) is 14.8 Å². The number of allylic oxidation sites excluding steroid dienone is 2. The van der Waals surface area contributed by atoms with E-state index in [0.29, 0.717) is 17.4 Å². The van der Waals surface area contributed by atoms with E-state index in [4.69, 9.17) is 11.6 Å². The van der Waals surface area contributed by atoms with E-state index in [-0.39, 0.29) is 23.7 Å². The van der Waals surface area contributed by atoms with Crippen LogP contribution in [0.4, 0.5) is 5.95 Å². The van der Waals surface area contributed by atoms with Crippen LogP contribution in [0.1, 0.15) is 35.1 Å². The van der Waals surface area contributed by atoms with Crippen molar-refractivity contribution in [3.05, 3.63) is 88.3 Å². The van der Waals surface area contributed by atoms with Gasteiger partial charge in [0.1, 0.15) is 12.1 Å². The zero-order valence-corrected chi connectivity index (χ0v) is 16.1. The molecule has 1 aliphatic carbocycles. The fraction of sp³-hybridized carbons (Fsp3) is 0.227. The highest BCUT2D eigenvalue weighted by atomic mass is 35.5. The molecule has 0 bridgehead atoms. The van der Waals surface area contributed by atoms with Crippen LogP contribution in [0, 0.1) is 12.8 Å². The molecule has 3 atom stereocenters. The highest BCUT2D eigenvalue weighted by molar-refractivity contribution is 6.31. The number of halogens is 1. The Hall–Kier alpha value is -2.92. The Balaban J connectivity index is 1.65. The van der Waals surface area contributed by atoms with Crippen LogP contribution in [0.2, 0.25) is 5.02 Å². The van der Waals surface area contributed by atoms with Crippen LogP contribution in [0.3, 0.4) is 0 Å². The number of carbonyl (C=O) groups is 1. The first-order valence-corrected chi connectivity index (χ1v) is 9.72. The molecule has 0 saturated carbocycles. The van der Waals surface area contributed by atoms with Crippen molar-refractivity contribution in [1.29, 1.82) is 0 Å². The average Bonchev–Trinajstić information content (AvgIpc) is 3.15. The lowest BCUT2D eigenvalue weighted by Gasteiger charge is -2.38. The zero-order chi connectivity index (χ0) is 19.3. The number of hydrogen-bond acceptors (Lipinski definition) is 4. The molecule has 140 valence electrons. The summed E-state index contributed by atoms with van der Waals surface area (Å²) < 4.78 is 1.77. The summed E-state index contributed by atoms with van der Waals surface area (Å²) in [6, 6.07) is 15.6. The van der Waals surface area contributed by atoms with E-state index in [1.165, 1.54) is 17.5 Å². The van der Waals surface area contributed by atoms with Gasteiger partial charge in [0.25, 0.3) is 0 Å². The fourth-order valence-corrected chi connectivity index (χ4v) is 4.65. The van der Waals surface area contributed by atoms with Gasteiger partial charge in [-0.05, 0) is 29.7 Å². The maximum atomic E-state index is 13.4. The molecule has 0 radical (unpaired) electrons. The molecule has 2 aromatic carbocycles. The van der Waals surface area contributed by atoms with Crippen molar-refractivity contribution >= 4 is 23.3 Å². The first-order valence-electron chi connectivity index (χ1n) is 9.34. The van der Waals surface area contributed by atoms with Crippen LogP contribution in [0.5, 0.6) is 0 Å². The second kappa shape index (κ2) is 6.60. The molecule has 0 saturated heterocycles. The van der Waals surface area contributed by atoms with Gasteiger partial charge in [0.15, 0.2) is 0 Å². The summed E-state index contributed by atoms with van der Waals surface area (Å²) in [4.78, 5) is 17.7. The number of ketones is 1. The number of nitrogens with zero attached hydrogens (tertiary/aromatic N) is 3. The SMILES string of the molecule is Cc1ccccc1[C@@H]1C=C2Nc3ncnn3[C@@H](c3ccccc3Cl)[C@@H]2C(=O)C1. The molecule has 2 aliphatic rings. The van der Waals surface area contributed by atoms with Gasteiger partial charge >= 0.3 is 0 Å². The summed E-state index contributed by atoms with van der Waals surface area (Å²) in [5.41, 5.74) is 4.15. The number of nitrogens with one attached hydrogen (secondary N) is 1. The molecule has 0 unspecified atom stereocenters. The van der Waals surface area contributed by atoms with Crippen LogP contribution in [0.15, 0.2) is 66.6 Å². The van der Waals surface area contributed by atoms with Crippen LogP contribution >= 0.6 is 11.6 Å². The summed E-state index contributed by atoms with van der Waals surface area (Å²) in [6.07, 6.45) is 4.15. The van der Waals surface area contributed by atoms with Crippen LogP contribution < -0.4 is 5.32 Å². The molecule has 2 heterocycles. The summed E-state index contributed by atoms with van der Waals surface area (Å²) in [6.45, 7) is 2.09. The van der Waals surface area contributed by atoms with E-state index in [1.807, 2.05) is 36.4 Å². The average molecular weight is 391 g/mol. The van der Waals surface area contributed by atoms with Gasteiger partial charge in [-0.1, -0.05) is 60.1 Å². The zero-order valence-electron chi connectivity index (χ0n) is 15.3. The third kappa shape index (κ3) is 2.66. The summed E-state index contributed by atoms with van der Waals surface area (Å²) in [5.74, 6) is 0.512. The number of hydrogen-bond donors (Lipinski definition) is 1. The lowest BCUT2D eigenvalue weighted by molar-refractivity contribution is -0.123. The lowest BCUT2D eigenvalue weighted by Crippen LogP contribution is -2.40. The van der Waals surface area contributed by atoms with Gasteiger partial charge in [0.2, 0.25) is 5.95 Å². The monoisotopic (exact) mass is 390 g/mol. The Bertz CT molecular complexity index is 1100. The van der Waals surface area contributed by atoms with E-state index >= 15 is 0 Å². The Labute approximate surface area is 168 Å². The standard InChI is InChI=1S/C22H19ClN4O/c1-13-6-2-3-7-15(13)14-10-18-20(19(28)11-14)21(16-8-4-5-9-17(16)23)27-22(26-18)24-12-25-27/h2-10,12,14,20-21H,11H2,1H3,(H,24,25,26)/t14-,20+,21+/m1/s1. The van der Waals surface area contributed by atoms with Gasteiger partial charge in [0.05, 0.1) is 12.0 Å². The smallest absolute Gasteiger partial charge is 0.226 e. The molecular weight excluding hydrogens is 372 g/mol. The van der Waals surface area contributed by atoms with Crippen molar-refractivity contribution in [2.45, 2.75) is 25.3 Å². The van der Waals surface area contributed by atoms with Crippen molar-refractivity contribution < 1.29 is 4.79 Å². The Morgan fingerprint density at radius 2 is 1.86 bits per heavy atom. The number of carbonyl (C=O) groups excluding carboxylic acids is 1. The highest BCUT2D eigenvalue weighted by Gasteiger charge is 2.43. The molecule has 6 heteroatoms. The van der Waals surface area contributed by atoms with E-state index in [2.05, 4.69) is 40.5 Å². The maximum Gasteiger partial charge on any atom is 0.226 e. The predicted octanol–water partition coefficient (Wildman–Crippen LogP) is 4.51. The van der Waals surface area contributed by atoms with Gasteiger partial charge in [-0.15, -0.1) is 0 Å². The molecule has 1 aromatic heterocycles. The van der Waals surface area contributed by atoms with Gasteiger partial charge in [-0.2, -0.15) is 10.1 Å². The van der Waals surface area contributed by atoms with Crippen molar-refractivity contribution in [2.75, 3.05) is 5.32 Å². The Morgan fingerprint density at radius 1 is 1.11 bits per heavy atom. The van der Waals surface area contributed by atoms with E-state index in [1.54, 1.807) is 4.68 Å². The van der Waals surface area contributed by atoms with Crippen LogP contribution in [0.25, 0.3) is 0 Å². The number of Topliss-reactive ketones (excluding diaryl/α,β-unsaturated/α-hetero) is 1. The number of benzene rings is 2. The third-order valence-corrected chi connectivity index (χ3v) is 6.05. The minimum atomic E-state index is -0.352. The van der Waals surface area contributed by atoms with Crippen molar-refractivity contribution in [3.8, 4) is 0 Å². The van der Waals surface area contributed by atoms with Gasteiger partial charge < -0.3 is 5.32 Å². The minimum Gasteiger partial charge on any atom is -0.328 e. The lowest BCUT2D eigenvalue weighted by atomic mass is 9.75. The topological polar surface area (TPSA) is 59.8 Å². The van der Waals surface area contributed by atoms with Crippen LogP contribution in [-0.4, -0.2) is 20.5 Å². The number of fused-ring (bicyclic) bond motifs is 2. The van der Waals surface area contributed by atoms with Gasteiger partial charge in [0, 0.05) is 23.1 Å². The van der Waals surface area contributed by atoms with E-state index < -0.39 is 0 Å². The highest BCUT2D eigenvalue weighted by Crippen LogP contribution is 2.45. The Morgan fingerprint density at radius 3 is 2.64 bits per heavy atom. The number of anilines is 1. The molecular formula is C22H19ClN4O. The van der Waals surface area contributed by atoms with Crippen molar-refractivity contribution in [3.63, 3.8) is 0 Å².